The predicted octanol–water partition coefficient (Wildman–Crippen LogP) is -1.34. The van der Waals surface area contributed by atoms with Crippen LogP contribution in [0.15, 0.2) is 28.2 Å². The molecule has 14 nitrogen and oxygen atoms in total. The number of carbonyl (C=O) groups is 2. The van der Waals surface area contributed by atoms with E-state index >= 15 is 0 Å². The van der Waals surface area contributed by atoms with Crippen molar-refractivity contribution >= 4 is 23.9 Å². The van der Waals surface area contributed by atoms with Crippen LogP contribution >= 0.6 is 0 Å². The number of hydrogen-bond donors (Lipinski definition) is 7. The second kappa shape index (κ2) is 9.45. The van der Waals surface area contributed by atoms with Crippen molar-refractivity contribution < 1.29 is 29.3 Å². The fourth-order valence-corrected chi connectivity index (χ4v) is 5.87. The summed E-state index contributed by atoms with van der Waals surface area (Å²) in [7, 11) is 0. The molecule has 0 aliphatic carbocycles. The lowest BCUT2D eigenvalue weighted by Crippen LogP contribution is -2.78. The van der Waals surface area contributed by atoms with Crippen LogP contribution in [0.25, 0.3) is 0 Å². The molecule has 0 aromatic heterocycles. The molecule has 0 radical (unpaired) electrons. The molecule has 1 aromatic carbocycles. The van der Waals surface area contributed by atoms with E-state index in [1.54, 1.807) is 12.1 Å². The van der Waals surface area contributed by atoms with Crippen LogP contribution in [-0.4, -0.2) is 94.9 Å². The molecule has 4 aliphatic heterocycles. The summed E-state index contributed by atoms with van der Waals surface area (Å²) in [6.07, 6.45) is 0.826. The zero-order chi connectivity index (χ0) is 28.2. The van der Waals surface area contributed by atoms with Crippen molar-refractivity contribution in [1.82, 2.24) is 20.9 Å². The quantitative estimate of drug-likeness (QED) is 0.210. The number of amides is 2. The van der Waals surface area contributed by atoms with Gasteiger partial charge in [-0.25, -0.2) is 14.8 Å². The zero-order valence-corrected chi connectivity index (χ0v) is 22.2. The van der Waals surface area contributed by atoms with E-state index in [2.05, 4.69) is 39.8 Å². The maximum absolute atomic E-state index is 13.5. The Labute approximate surface area is 225 Å². The number of para-hydroxylation sites is 1. The number of nitrogens with one attached hydrogen (secondary N) is 3. The highest BCUT2D eigenvalue weighted by molar-refractivity contribution is 5.98. The first-order chi connectivity index (χ1) is 18.4. The molecule has 4 aliphatic rings. The number of nitrogens with two attached hydrogens (primary N) is 2. The van der Waals surface area contributed by atoms with Crippen LogP contribution in [0.4, 0.5) is 4.79 Å². The van der Waals surface area contributed by atoms with E-state index in [-0.39, 0.29) is 37.0 Å². The van der Waals surface area contributed by atoms with Crippen molar-refractivity contribution in [1.29, 1.82) is 0 Å². The number of alkyl carbamates (subject to hydrolysis) is 1. The van der Waals surface area contributed by atoms with Crippen molar-refractivity contribution in [3.8, 4) is 5.75 Å². The summed E-state index contributed by atoms with van der Waals surface area (Å²) in [5.74, 6) is -2.74. The maximum Gasteiger partial charge on any atom is 0.407 e. The normalized spacial score (nSPS) is 29.5. The Kier molecular flexibility index (Phi) is 6.50. The number of benzene rings is 1. The fraction of sp³-hybridized carbons (Fsp3) is 0.600. The minimum Gasteiger partial charge on any atom is -0.492 e. The van der Waals surface area contributed by atoms with Crippen molar-refractivity contribution in [3.63, 3.8) is 0 Å². The van der Waals surface area contributed by atoms with Gasteiger partial charge in [-0.15, -0.1) is 0 Å². The first-order valence-electron chi connectivity index (χ1n) is 13.1. The molecule has 1 unspecified atom stereocenters. The summed E-state index contributed by atoms with van der Waals surface area (Å²) in [6, 6.07) is 2.38. The van der Waals surface area contributed by atoms with Gasteiger partial charge in [-0.3, -0.25) is 4.79 Å². The smallest absolute Gasteiger partial charge is 0.407 e. The molecule has 4 atom stereocenters. The molecule has 4 heterocycles. The lowest BCUT2D eigenvalue weighted by atomic mass is 9.79. The molecule has 0 bridgehead atoms. The molecule has 0 saturated carbocycles. The molecule has 5 rings (SSSR count). The summed E-state index contributed by atoms with van der Waals surface area (Å²) in [5, 5.41) is 31.5. The standard InChI is InChI=1S/C25H36N8O6/c1-4-9-39-22(35)28-11-15-18-24(32-20(26)31-18)25(36,37)16(12-33(24)21(27)29-15)30-19(34)13-6-5-7-14-17(13)38-10-8-23(14,2)3/h5-7,15-16,18,36-37H,4,8-12H2,1-3H3,(H2,27,29)(H,28,35)(H,30,34)(H3,26,31,32)/t15-,16?,18-,24-/m0/s1. The maximum atomic E-state index is 13.5. The Bertz CT molecular complexity index is 1230. The summed E-state index contributed by atoms with van der Waals surface area (Å²) < 4.78 is 10.9. The van der Waals surface area contributed by atoms with E-state index < -0.39 is 41.6 Å². The Balaban J connectivity index is 1.41. The second-order valence-corrected chi connectivity index (χ2v) is 10.9. The molecular weight excluding hydrogens is 508 g/mol. The largest absolute Gasteiger partial charge is 0.492 e. The lowest BCUT2D eigenvalue weighted by Gasteiger charge is -2.48. The molecule has 9 N–H and O–H groups in total. The van der Waals surface area contributed by atoms with Gasteiger partial charge in [0.2, 0.25) is 5.79 Å². The highest BCUT2D eigenvalue weighted by atomic mass is 16.5. The third kappa shape index (κ3) is 4.18. The second-order valence-electron chi connectivity index (χ2n) is 10.9. The minimum absolute atomic E-state index is 0.0243. The van der Waals surface area contributed by atoms with Crippen LogP contribution in [0.2, 0.25) is 0 Å². The SMILES string of the molecule is CCCOC(=O)NC[C@@H]1N=C(N)N2CC(NC(=O)c3cccc4c3OCCC4(C)C)C(O)(O)[C@@]23NC(N)=N[C@@H]13. The first-order valence-corrected chi connectivity index (χ1v) is 13.1. The molecule has 1 fully saturated rings. The average Bonchev–Trinajstić information content (AvgIpc) is 3.35. The van der Waals surface area contributed by atoms with E-state index in [0.717, 1.165) is 12.0 Å². The van der Waals surface area contributed by atoms with Gasteiger partial charge in [-0.05, 0) is 24.3 Å². The van der Waals surface area contributed by atoms with Crippen molar-refractivity contribution in [2.75, 3.05) is 26.3 Å². The van der Waals surface area contributed by atoms with E-state index in [1.807, 2.05) is 13.0 Å². The third-order valence-electron chi connectivity index (χ3n) is 7.96. The number of aliphatic hydroxyl groups is 2. The summed E-state index contributed by atoms with van der Waals surface area (Å²) >= 11 is 0. The van der Waals surface area contributed by atoms with Gasteiger partial charge < -0.3 is 52.0 Å². The summed E-state index contributed by atoms with van der Waals surface area (Å²) in [5.41, 5.74) is 11.6. The van der Waals surface area contributed by atoms with Gasteiger partial charge in [-0.1, -0.05) is 32.9 Å². The van der Waals surface area contributed by atoms with Gasteiger partial charge in [-0.2, -0.15) is 0 Å². The van der Waals surface area contributed by atoms with E-state index in [1.165, 1.54) is 4.90 Å². The number of nitrogens with zero attached hydrogens (tertiary/aromatic N) is 3. The van der Waals surface area contributed by atoms with Crippen LogP contribution in [0, 0.1) is 0 Å². The number of carbonyl (C=O) groups excluding carboxylic acids is 2. The molecule has 1 spiro atoms. The lowest BCUT2D eigenvalue weighted by molar-refractivity contribution is -0.230. The molecule has 1 saturated heterocycles. The van der Waals surface area contributed by atoms with Crippen LogP contribution in [-0.2, 0) is 10.2 Å². The van der Waals surface area contributed by atoms with Gasteiger partial charge in [0.1, 0.15) is 17.8 Å². The van der Waals surface area contributed by atoms with Crippen molar-refractivity contribution in [2.45, 2.75) is 68.6 Å². The number of fused-ring (bicyclic) bond motifs is 1. The van der Waals surface area contributed by atoms with Crippen molar-refractivity contribution in [2.24, 2.45) is 21.5 Å². The number of guanidine groups is 2. The number of ether oxygens (including phenoxy) is 2. The van der Waals surface area contributed by atoms with Crippen LogP contribution in [0.3, 0.4) is 0 Å². The Morgan fingerprint density at radius 2 is 2.05 bits per heavy atom. The zero-order valence-electron chi connectivity index (χ0n) is 22.2. The number of aliphatic imine (C=N–C) groups is 2. The predicted molar refractivity (Wildman–Crippen MR) is 141 cm³/mol. The molecule has 14 heteroatoms. The molecule has 2 amide bonds. The fourth-order valence-electron chi connectivity index (χ4n) is 5.87. The number of hydrogen-bond acceptors (Lipinski definition) is 12. The topological polar surface area (TPSA) is 209 Å². The minimum atomic E-state index is -2.60. The van der Waals surface area contributed by atoms with E-state index in [0.29, 0.717) is 24.3 Å². The highest BCUT2D eigenvalue weighted by Gasteiger charge is 2.73. The molecule has 212 valence electrons. The van der Waals surface area contributed by atoms with Crippen LogP contribution in [0.1, 0.15) is 49.5 Å². The highest BCUT2D eigenvalue weighted by Crippen LogP contribution is 2.45. The van der Waals surface area contributed by atoms with Crippen LogP contribution < -0.4 is 32.2 Å². The van der Waals surface area contributed by atoms with Gasteiger partial charge in [0.25, 0.3) is 5.91 Å². The molecule has 39 heavy (non-hydrogen) atoms. The molecule has 1 aromatic rings. The van der Waals surface area contributed by atoms with Gasteiger partial charge in [0.15, 0.2) is 17.6 Å². The first kappa shape index (κ1) is 26.8. The van der Waals surface area contributed by atoms with Gasteiger partial charge in [0, 0.05) is 18.7 Å². The third-order valence-corrected chi connectivity index (χ3v) is 7.96. The number of rotatable bonds is 6. The summed E-state index contributed by atoms with van der Waals surface area (Å²) in [4.78, 5) is 35.8. The Hall–Kier alpha value is -3.78. The van der Waals surface area contributed by atoms with Crippen LogP contribution in [0.5, 0.6) is 5.75 Å². The van der Waals surface area contributed by atoms with Gasteiger partial charge in [0.05, 0.1) is 24.8 Å². The average molecular weight is 545 g/mol. The Morgan fingerprint density at radius 1 is 1.28 bits per heavy atom. The monoisotopic (exact) mass is 544 g/mol. The van der Waals surface area contributed by atoms with E-state index in [4.69, 9.17) is 20.9 Å². The Morgan fingerprint density at radius 3 is 2.79 bits per heavy atom. The molecular formula is C25H36N8O6. The van der Waals surface area contributed by atoms with Crippen molar-refractivity contribution in [3.05, 3.63) is 29.3 Å². The van der Waals surface area contributed by atoms with E-state index in [9.17, 15) is 19.8 Å². The summed E-state index contributed by atoms with van der Waals surface area (Å²) in [6.45, 7) is 6.62. The van der Waals surface area contributed by atoms with Gasteiger partial charge >= 0.3 is 6.09 Å².